The fourth-order valence-electron chi connectivity index (χ4n) is 1.55. The summed E-state index contributed by atoms with van der Waals surface area (Å²) in [6, 6.07) is 0. The van der Waals surface area contributed by atoms with Crippen molar-refractivity contribution in [2.24, 2.45) is 0 Å². The van der Waals surface area contributed by atoms with Crippen LogP contribution < -0.4 is 10.6 Å². The van der Waals surface area contributed by atoms with Crippen LogP contribution in [0.15, 0.2) is 0 Å². The molecule has 0 spiro atoms. The number of nitrogens with two attached hydrogens (primary N) is 1. The van der Waals surface area contributed by atoms with Gasteiger partial charge in [0.15, 0.2) is 0 Å². The van der Waals surface area contributed by atoms with E-state index in [2.05, 4.69) is 27.0 Å². The van der Waals surface area contributed by atoms with Crippen molar-refractivity contribution in [1.29, 1.82) is 0 Å². The van der Waals surface area contributed by atoms with Gasteiger partial charge in [-0.25, -0.2) is 5.10 Å². The number of rotatable bonds is 2. The van der Waals surface area contributed by atoms with Gasteiger partial charge in [-0.3, -0.25) is 0 Å². The molecule has 6 heteroatoms. The largest absolute Gasteiger partial charge is 0.368 e. The molecule has 1 aliphatic rings. The third kappa shape index (κ3) is 1.95. The first-order chi connectivity index (χ1) is 6.79. The zero-order valence-corrected chi connectivity index (χ0v) is 9.05. The minimum Gasteiger partial charge on any atom is -0.368 e. The SMILES string of the molecule is CCC1CN(c2n[nH]c(N)n2)CCS1. The molecule has 0 bridgehead atoms. The van der Waals surface area contributed by atoms with E-state index in [9.17, 15) is 0 Å². The summed E-state index contributed by atoms with van der Waals surface area (Å²) in [6.07, 6.45) is 1.20. The second-order valence-corrected chi connectivity index (χ2v) is 4.78. The number of aromatic amines is 1. The van der Waals surface area contributed by atoms with Gasteiger partial charge in [-0.1, -0.05) is 6.92 Å². The Kier molecular flexibility index (Phi) is 2.81. The Labute approximate surface area is 87.5 Å². The molecule has 0 radical (unpaired) electrons. The molecule has 1 aromatic heterocycles. The predicted octanol–water partition coefficient (Wildman–Crippen LogP) is 0.719. The Hall–Kier alpha value is -0.910. The summed E-state index contributed by atoms with van der Waals surface area (Å²) in [5.74, 6) is 2.28. The van der Waals surface area contributed by atoms with E-state index in [0.717, 1.165) is 24.8 Å². The van der Waals surface area contributed by atoms with Gasteiger partial charge in [0.1, 0.15) is 0 Å². The fraction of sp³-hybridized carbons (Fsp3) is 0.750. The molecule has 2 heterocycles. The van der Waals surface area contributed by atoms with E-state index in [1.54, 1.807) is 0 Å². The Morgan fingerprint density at radius 3 is 3.21 bits per heavy atom. The van der Waals surface area contributed by atoms with Crippen LogP contribution in [0.5, 0.6) is 0 Å². The smallest absolute Gasteiger partial charge is 0.246 e. The first kappa shape index (κ1) is 9.64. The number of nitrogens with one attached hydrogen (secondary N) is 1. The van der Waals surface area contributed by atoms with Gasteiger partial charge < -0.3 is 10.6 Å². The molecule has 0 saturated carbocycles. The van der Waals surface area contributed by atoms with Gasteiger partial charge in [-0.2, -0.15) is 16.7 Å². The Morgan fingerprint density at radius 1 is 1.71 bits per heavy atom. The number of thioether (sulfide) groups is 1. The number of H-pyrrole nitrogens is 1. The van der Waals surface area contributed by atoms with Crippen LogP contribution in [-0.2, 0) is 0 Å². The average Bonchev–Trinajstić information content (AvgIpc) is 2.65. The summed E-state index contributed by atoms with van der Waals surface area (Å²) in [7, 11) is 0. The molecule has 78 valence electrons. The van der Waals surface area contributed by atoms with Crippen LogP contribution >= 0.6 is 11.8 Å². The van der Waals surface area contributed by atoms with Crippen LogP contribution in [-0.4, -0.2) is 39.3 Å². The number of aromatic nitrogens is 3. The van der Waals surface area contributed by atoms with E-state index in [1.165, 1.54) is 6.42 Å². The van der Waals surface area contributed by atoms with Crippen molar-refractivity contribution in [3.63, 3.8) is 0 Å². The molecular weight excluding hydrogens is 198 g/mol. The highest BCUT2D eigenvalue weighted by atomic mass is 32.2. The van der Waals surface area contributed by atoms with Crippen LogP contribution in [0.25, 0.3) is 0 Å². The minimum absolute atomic E-state index is 0.395. The monoisotopic (exact) mass is 213 g/mol. The molecule has 1 aliphatic heterocycles. The number of hydrogen-bond donors (Lipinski definition) is 2. The van der Waals surface area contributed by atoms with Crippen molar-refractivity contribution in [2.75, 3.05) is 29.5 Å². The zero-order valence-electron chi connectivity index (χ0n) is 8.23. The second-order valence-electron chi connectivity index (χ2n) is 3.37. The first-order valence-corrected chi connectivity index (χ1v) is 5.89. The van der Waals surface area contributed by atoms with Crippen molar-refractivity contribution in [3.05, 3.63) is 0 Å². The van der Waals surface area contributed by atoms with Gasteiger partial charge in [-0.05, 0) is 6.42 Å². The number of hydrogen-bond acceptors (Lipinski definition) is 5. The zero-order chi connectivity index (χ0) is 9.97. The lowest BCUT2D eigenvalue weighted by atomic mass is 10.3. The third-order valence-electron chi connectivity index (χ3n) is 2.37. The highest BCUT2D eigenvalue weighted by Gasteiger charge is 2.21. The highest BCUT2D eigenvalue weighted by molar-refractivity contribution is 8.00. The summed E-state index contributed by atoms with van der Waals surface area (Å²) in [5.41, 5.74) is 5.49. The topological polar surface area (TPSA) is 70.8 Å². The Bertz CT molecular complexity index is 300. The second kappa shape index (κ2) is 4.08. The fourth-order valence-corrected chi connectivity index (χ4v) is 2.73. The van der Waals surface area contributed by atoms with Crippen molar-refractivity contribution >= 4 is 23.7 Å². The molecular formula is C8H15N5S. The summed E-state index contributed by atoms with van der Waals surface area (Å²) in [6.45, 7) is 4.25. The maximum atomic E-state index is 5.49. The summed E-state index contributed by atoms with van der Waals surface area (Å²) >= 11 is 2.03. The van der Waals surface area contributed by atoms with Crippen molar-refractivity contribution in [1.82, 2.24) is 15.2 Å². The predicted molar refractivity (Wildman–Crippen MR) is 59.5 cm³/mol. The van der Waals surface area contributed by atoms with Crippen LogP contribution in [0.3, 0.4) is 0 Å². The maximum Gasteiger partial charge on any atom is 0.246 e. The van der Waals surface area contributed by atoms with Crippen LogP contribution in [0, 0.1) is 0 Å². The molecule has 5 nitrogen and oxygen atoms in total. The van der Waals surface area contributed by atoms with Crippen LogP contribution in [0.4, 0.5) is 11.9 Å². The van der Waals surface area contributed by atoms with Gasteiger partial charge in [0.25, 0.3) is 0 Å². The maximum absolute atomic E-state index is 5.49. The van der Waals surface area contributed by atoms with Gasteiger partial charge in [-0.15, -0.1) is 5.10 Å². The number of nitrogen functional groups attached to an aromatic ring is 1. The van der Waals surface area contributed by atoms with Crippen molar-refractivity contribution in [2.45, 2.75) is 18.6 Å². The molecule has 1 unspecified atom stereocenters. The summed E-state index contributed by atoms with van der Waals surface area (Å²) < 4.78 is 0. The van der Waals surface area contributed by atoms with Crippen LogP contribution in [0.1, 0.15) is 13.3 Å². The molecule has 14 heavy (non-hydrogen) atoms. The third-order valence-corrected chi connectivity index (χ3v) is 3.74. The minimum atomic E-state index is 0.395. The lowest BCUT2D eigenvalue weighted by Crippen LogP contribution is -2.38. The van der Waals surface area contributed by atoms with E-state index in [0.29, 0.717) is 11.2 Å². The Morgan fingerprint density at radius 2 is 2.57 bits per heavy atom. The molecule has 1 fully saturated rings. The molecule has 1 saturated heterocycles. The van der Waals surface area contributed by atoms with E-state index in [4.69, 9.17) is 5.73 Å². The van der Waals surface area contributed by atoms with Crippen LogP contribution in [0.2, 0.25) is 0 Å². The van der Waals surface area contributed by atoms with E-state index >= 15 is 0 Å². The van der Waals surface area contributed by atoms with Crippen molar-refractivity contribution in [3.8, 4) is 0 Å². The molecule has 0 amide bonds. The van der Waals surface area contributed by atoms with Gasteiger partial charge in [0.2, 0.25) is 11.9 Å². The first-order valence-electron chi connectivity index (χ1n) is 4.84. The molecule has 0 aromatic carbocycles. The summed E-state index contributed by atoms with van der Waals surface area (Å²) in [4.78, 5) is 6.32. The normalized spacial score (nSPS) is 22.6. The molecule has 0 aliphatic carbocycles. The molecule has 3 N–H and O–H groups in total. The lowest BCUT2D eigenvalue weighted by molar-refractivity contribution is 0.711. The molecule has 1 atom stereocenters. The number of anilines is 2. The van der Waals surface area contributed by atoms with E-state index in [-0.39, 0.29) is 0 Å². The van der Waals surface area contributed by atoms with E-state index in [1.807, 2.05) is 11.8 Å². The quantitative estimate of drug-likeness (QED) is 0.757. The molecule has 2 rings (SSSR count). The highest BCUT2D eigenvalue weighted by Crippen LogP contribution is 2.23. The molecule has 1 aromatic rings. The van der Waals surface area contributed by atoms with Gasteiger partial charge >= 0.3 is 0 Å². The Balaban J connectivity index is 2.04. The summed E-state index contributed by atoms with van der Waals surface area (Å²) in [5, 5.41) is 7.43. The van der Waals surface area contributed by atoms with E-state index < -0.39 is 0 Å². The average molecular weight is 213 g/mol. The lowest BCUT2D eigenvalue weighted by Gasteiger charge is -2.30. The number of nitrogens with zero attached hydrogens (tertiary/aromatic N) is 3. The standard InChI is InChI=1S/C8H15N5S/c1-2-6-5-13(3-4-14-6)8-10-7(9)11-12-8/h6H,2-5H2,1H3,(H3,9,10,11,12). The van der Waals surface area contributed by atoms with Gasteiger partial charge in [0.05, 0.1) is 0 Å². The van der Waals surface area contributed by atoms with Crippen molar-refractivity contribution < 1.29 is 0 Å². The van der Waals surface area contributed by atoms with Gasteiger partial charge in [0, 0.05) is 24.1 Å².